The van der Waals surface area contributed by atoms with Gasteiger partial charge in [-0.25, -0.2) is 4.98 Å². The summed E-state index contributed by atoms with van der Waals surface area (Å²) < 4.78 is 11.6. The molecule has 0 aliphatic rings. The number of nitrogens with one attached hydrogen (secondary N) is 1. The Bertz CT molecular complexity index is 1240. The van der Waals surface area contributed by atoms with E-state index in [-0.39, 0.29) is 12.5 Å². The standard InChI is InChI=1S/C27H28N2O3/c1-5-18(3)20-9-11-22(12-10-20)31-16-26(30)28-24-15-21(8-7-19(24)4)27-29-23-13-6-17(2)14-25(23)32-27/h6-15,18H,5,16H2,1-4H3,(H,28,30)/t18-/m0/s1. The molecule has 164 valence electrons. The zero-order chi connectivity index (χ0) is 22.7. The number of amides is 1. The Labute approximate surface area is 188 Å². The van der Waals surface area contributed by atoms with Crippen LogP contribution >= 0.6 is 0 Å². The summed E-state index contributed by atoms with van der Waals surface area (Å²) in [6.45, 7) is 8.27. The predicted molar refractivity (Wildman–Crippen MR) is 128 cm³/mol. The van der Waals surface area contributed by atoms with Crippen molar-refractivity contribution in [1.29, 1.82) is 0 Å². The molecule has 0 aliphatic heterocycles. The quantitative estimate of drug-likeness (QED) is 0.358. The molecule has 0 radical (unpaired) electrons. The van der Waals surface area contributed by atoms with Crippen LogP contribution in [0.3, 0.4) is 0 Å². The molecule has 1 heterocycles. The second kappa shape index (κ2) is 9.27. The smallest absolute Gasteiger partial charge is 0.262 e. The number of rotatable bonds is 7. The van der Waals surface area contributed by atoms with E-state index in [1.807, 2.05) is 62.4 Å². The molecular formula is C27H28N2O3. The minimum absolute atomic E-state index is 0.0610. The van der Waals surface area contributed by atoms with Gasteiger partial charge in [0.2, 0.25) is 5.89 Å². The van der Waals surface area contributed by atoms with E-state index < -0.39 is 0 Å². The molecule has 4 rings (SSSR count). The lowest BCUT2D eigenvalue weighted by Crippen LogP contribution is -2.20. The molecule has 0 saturated carbocycles. The van der Waals surface area contributed by atoms with Crippen LogP contribution in [0.2, 0.25) is 0 Å². The number of benzene rings is 3. The predicted octanol–water partition coefficient (Wildman–Crippen LogP) is 6.64. The van der Waals surface area contributed by atoms with E-state index in [4.69, 9.17) is 9.15 Å². The average molecular weight is 429 g/mol. The minimum atomic E-state index is -0.218. The zero-order valence-corrected chi connectivity index (χ0v) is 18.9. The molecule has 0 saturated heterocycles. The van der Waals surface area contributed by atoms with Crippen molar-refractivity contribution >= 4 is 22.7 Å². The van der Waals surface area contributed by atoms with Crippen LogP contribution < -0.4 is 10.1 Å². The first kappa shape index (κ1) is 21.6. The second-order valence-corrected chi connectivity index (χ2v) is 8.24. The molecule has 5 heteroatoms. The summed E-state index contributed by atoms with van der Waals surface area (Å²) in [5, 5.41) is 2.94. The van der Waals surface area contributed by atoms with Gasteiger partial charge >= 0.3 is 0 Å². The number of aromatic nitrogens is 1. The van der Waals surface area contributed by atoms with E-state index in [0.29, 0.717) is 23.2 Å². The van der Waals surface area contributed by atoms with Crippen molar-refractivity contribution in [2.45, 2.75) is 40.0 Å². The summed E-state index contributed by atoms with van der Waals surface area (Å²) >= 11 is 0. The lowest BCUT2D eigenvalue weighted by molar-refractivity contribution is -0.118. The van der Waals surface area contributed by atoms with Gasteiger partial charge in [0.1, 0.15) is 11.3 Å². The Balaban J connectivity index is 1.43. The molecule has 4 aromatic rings. The van der Waals surface area contributed by atoms with E-state index in [1.165, 1.54) is 5.56 Å². The Hall–Kier alpha value is -3.60. The van der Waals surface area contributed by atoms with Crippen LogP contribution in [0, 0.1) is 13.8 Å². The Morgan fingerprint density at radius 3 is 2.59 bits per heavy atom. The van der Waals surface area contributed by atoms with Gasteiger partial charge in [0.05, 0.1) is 0 Å². The highest BCUT2D eigenvalue weighted by atomic mass is 16.5. The SMILES string of the molecule is CC[C@H](C)c1ccc(OCC(=O)Nc2cc(-c3nc4ccc(C)cc4o3)ccc2C)cc1. The fourth-order valence-electron chi connectivity index (χ4n) is 3.51. The maximum Gasteiger partial charge on any atom is 0.262 e. The first-order valence-electron chi connectivity index (χ1n) is 10.9. The molecule has 1 amide bonds. The fraction of sp³-hybridized carbons (Fsp3) is 0.259. The number of carbonyl (C=O) groups excluding carboxylic acids is 1. The number of hydrogen-bond acceptors (Lipinski definition) is 4. The zero-order valence-electron chi connectivity index (χ0n) is 18.9. The lowest BCUT2D eigenvalue weighted by Gasteiger charge is -2.12. The third-order valence-corrected chi connectivity index (χ3v) is 5.73. The molecule has 32 heavy (non-hydrogen) atoms. The largest absolute Gasteiger partial charge is 0.484 e. The van der Waals surface area contributed by atoms with Crippen molar-refractivity contribution in [3.63, 3.8) is 0 Å². The maximum absolute atomic E-state index is 12.5. The van der Waals surface area contributed by atoms with Crippen LogP contribution in [0.5, 0.6) is 5.75 Å². The maximum atomic E-state index is 12.5. The summed E-state index contributed by atoms with van der Waals surface area (Å²) in [6, 6.07) is 19.6. The number of oxazole rings is 1. The number of anilines is 1. The van der Waals surface area contributed by atoms with Crippen molar-refractivity contribution in [2.24, 2.45) is 0 Å². The number of ether oxygens (including phenoxy) is 1. The van der Waals surface area contributed by atoms with E-state index in [1.54, 1.807) is 0 Å². The second-order valence-electron chi connectivity index (χ2n) is 8.24. The van der Waals surface area contributed by atoms with Crippen LogP contribution in [0.1, 0.15) is 42.9 Å². The number of hydrogen-bond donors (Lipinski definition) is 1. The van der Waals surface area contributed by atoms with E-state index in [2.05, 4.69) is 36.3 Å². The number of fused-ring (bicyclic) bond motifs is 1. The molecule has 3 aromatic carbocycles. The van der Waals surface area contributed by atoms with Crippen LogP contribution in [0.15, 0.2) is 65.1 Å². The molecule has 0 aliphatic carbocycles. The van der Waals surface area contributed by atoms with Crippen molar-refractivity contribution < 1.29 is 13.9 Å². The Morgan fingerprint density at radius 2 is 1.84 bits per heavy atom. The summed E-state index contributed by atoms with van der Waals surface area (Å²) in [5.74, 6) is 1.50. The highest BCUT2D eigenvalue weighted by Gasteiger charge is 2.12. The van der Waals surface area contributed by atoms with Crippen LogP contribution in [0.4, 0.5) is 5.69 Å². The summed E-state index contributed by atoms with van der Waals surface area (Å²) in [4.78, 5) is 17.1. The highest BCUT2D eigenvalue weighted by molar-refractivity contribution is 5.93. The fourth-order valence-corrected chi connectivity index (χ4v) is 3.51. The van der Waals surface area contributed by atoms with Crippen molar-refractivity contribution in [3.8, 4) is 17.2 Å². The van der Waals surface area contributed by atoms with Gasteiger partial charge in [-0.1, -0.05) is 38.1 Å². The highest BCUT2D eigenvalue weighted by Crippen LogP contribution is 2.28. The monoisotopic (exact) mass is 428 g/mol. The van der Waals surface area contributed by atoms with Gasteiger partial charge in [-0.15, -0.1) is 0 Å². The molecule has 1 N–H and O–H groups in total. The van der Waals surface area contributed by atoms with Crippen LogP contribution in [0.25, 0.3) is 22.6 Å². The minimum Gasteiger partial charge on any atom is -0.484 e. The van der Waals surface area contributed by atoms with Gasteiger partial charge in [0.15, 0.2) is 12.2 Å². The normalized spacial score (nSPS) is 12.0. The third-order valence-electron chi connectivity index (χ3n) is 5.73. The average Bonchev–Trinajstić information content (AvgIpc) is 3.22. The van der Waals surface area contributed by atoms with E-state index in [0.717, 1.165) is 34.2 Å². The van der Waals surface area contributed by atoms with Crippen molar-refractivity contribution in [1.82, 2.24) is 4.98 Å². The summed E-state index contributed by atoms with van der Waals surface area (Å²) in [6.07, 6.45) is 1.09. The van der Waals surface area contributed by atoms with Gasteiger partial charge in [0.25, 0.3) is 5.91 Å². The Morgan fingerprint density at radius 1 is 1.06 bits per heavy atom. The number of aryl methyl sites for hydroxylation is 2. The van der Waals surface area contributed by atoms with E-state index >= 15 is 0 Å². The van der Waals surface area contributed by atoms with Crippen LogP contribution in [-0.4, -0.2) is 17.5 Å². The topological polar surface area (TPSA) is 64.4 Å². The molecule has 0 unspecified atom stereocenters. The third kappa shape index (κ3) is 4.83. The molecule has 0 spiro atoms. The summed E-state index contributed by atoms with van der Waals surface area (Å²) in [5.41, 5.74) is 6.41. The molecule has 0 bridgehead atoms. The molecular weight excluding hydrogens is 400 g/mol. The van der Waals surface area contributed by atoms with Crippen molar-refractivity contribution in [2.75, 3.05) is 11.9 Å². The van der Waals surface area contributed by atoms with Crippen LogP contribution in [-0.2, 0) is 4.79 Å². The summed E-state index contributed by atoms with van der Waals surface area (Å²) in [7, 11) is 0. The molecule has 1 aromatic heterocycles. The lowest BCUT2D eigenvalue weighted by atomic mass is 9.99. The molecule has 5 nitrogen and oxygen atoms in total. The van der Waals surface area contributed by atoms with Gasteiger partial charge in [-0.05, 0) is 79.3 Å². The molecule has 1 atom stereocenters. The first-order chi connectivity index (χ1) is 15.4. The first-order valence-corrected chi connectivity index (χ1v) is 10.9. The van der Waals surface area contributed by atoms with Crippen molar-refractivity contribution in [3.05, 3.63) is 77.4 Å². The molecule has 0 fully saturated rings. The van der Waals surface area contributed by atoms with Gasteiger partial charge in [-0.3, -0.25) is 4.79 Å². The Kier molecular flexibility index (Phi) is 6.26. The number of carbonyl (C=O) groups is 1. The van der Waals surface area contributed by atoms with Gasteiger partial charge in [0, 0.05) is 11.3 Å². The van der Waals surface area contributed by atoms with Gasteiger partial charge in [-0.2, -0.15) is 0 Å². The van der Waals surface area contributed by atoms with E-state index in [9.17, 15) is 4.79 Å². The van der Waals surface area contributed by atoms with Gasteiger partial charge < -0.3 is 14.5 Å². The number of nitrogens with zero attached hydrogens (tertiary/aromatic N) is 1.